The summed E-state index contributed by atoms with van der Waals surface area (Å²) in [6.07, 6.45) is 8.68. The number of carbonyl (C=O) groups is 2. The predicted octanol–water partition coefficient (Wildman–Crippen LogP) is 4.09. The minimum atomic E-state index is -1.36. The smallest absolute Gasteiger partial charge is 0.449 e. The highest BCUT2D eigenvalue weighted by Gasteiger charge is 2.75. The van der Waals surface area contributed by atoms with E-state index in [1.54, 1.807) is 6.08 Å². The first-order valence-corrected chi connectivity index (χ1v) is 10.5. The highest BCUT2D eigenvalue weighted by molar-refractivity contribution is 5.92. The second kappa shape index (κ2) is 5.82. The number of carbonyl (C=O) groups excluding carboxylic acids is 1. The van der Waals surface area contributed by atoms with E-state index in [0.29, 0.717) is 36.0 Å². The molecule has 5 heteroatoms. The number of ether oxygens (including phenoxy) is 1. The SMILES string of the molecule is C=C1C[C@@H]2[C@H](CC[C@@]3(C)[C@H]2[C@@H]2C[C@@H]2[C@@]3(O)/C=C\OC(=O)O)[C@H]2CCC(=O)C=C12. The fraction of sp³-hybridized carbons (Fsp3) is 0.652. The molecule has 5 nitrogen and oxygen atoms in total. The van der Waals surface area contributed by atoms with Crippen LogP contribution in [0.1, 0.15) is 45.4 Å². The first kappa shape index (κ1) is 18.2. The topological polar surface area (TPSA) is 83.8 Å². The number of rotatable bonds is 2. The van der Waals surface area contributed by atoms with Gasteiger partial charge >= 0.3 is 6.16 Å². The second-order valence-corrected chi connectivity index (χ2v) is 9.85. The monoisotopic (exact) mass is 384 g/mol. The third kappa shape index (κ3) is 2.28. The van der Waals surface area contributed by atoms with Crippen molar-refractivity contribution in [3.05, 3.63) is 36.1 Å². The van der Waals surface area contributed by atoms with Gasteiger partial charge in [-0.2, -0.15) is 0 Å². The van der Waals surface area contributed by atoms with Crippen LogP contribution in [0.15, 0.2) is 36.1 Å². The molecule has 0 aromatic rings. The highest BCUT2D eigenvalue weighted by Crippen LogP contribution is 2.76. The van der Waals surface area contributed by atoms with Crippen molar-refractivity contribution in [3.8, 4) is 0 Å². The van der Waals surface area contributed by atoms with E-state index in [2.05, 4.69) is 18.2 Å². The largest absolute Gasteiger partial charge is 0.510 e. The van der Waals surface area contributed by atoms with Crippen LogP contribution in [-0.2, 0) is 9.53 Å². The van der Waals surface area contributed by atoms with Crippen molar-refractivity contribution in [1.82, 2.24) is 0 Å². The Bertz CT molecular complexity index is 825. The summed E-state index contributed by atoms with van der Waals surface area (Å²) in [5, 5.41) is 20.4. The van der Waals surface area contributed by atoms with Crippen LogP contribution in [0.3, 0.4) is 0 Å². The van der Waals surface area contributed by atoms with Gasteiger partial charge in [0.2, 0.25) is 0 Å². The molecule has 5 rings (SSSR count). The summed E-state index contributed by atoms with van der Waals surface area (Å²) in [6.45, 7) is 6.51. The third-order valence-corrected chi connectivity index (χ3v) is 8.84. The molecule has 4 fully saturated rings. The number of allylic oxidation sites excluding steroid dienone is 2. The Labute approximate surface area is 165 Å². The van der Waals surface area contributed by atoms with Crippen LogP contribution < -0.4 is 0 Å². The van der Waals surface area contributed by atoms with Crippen LogP contribution in [0.4, 0.5) is 4.79 Å². The zero-order chi connectivity index (χ0) is 19.8. The van der Waals surface area contributed by atoms with Crippen LogP contribution in [0.2, 0.25) is 0 Å². The molecular weight excluding hydrogens is 356 g/mol. The van der Waals surface area contributed by atoms with Crippen molar-refractivity contribution < 1.29 is 24.5 Å². The lowest BCUT2D eigenvalue weighted by atomic mass is 9.48. The highest BCUT2D eigenvalue weighted by atomic mass is 16.7. The van der Waals surface area contributed by atoms with E-state index in [9.17, 15) is 14.7 Å². The zero-order valence-electron chi connectivity index (χ0n) is 16.3. The van der Waals surface area contributed by atoms with Gasteiger partial charge in [0.1, 0.15) is 0 Å². The molecule has 0 aliphatic heterocycles. The van der Waals surface area contributed by atoms with Crippen molar-refractivity contribution in [2.24, 2.45) is 40.9 Å². The van der Waals surface area contributed by atoms with Crippen molar-refractivity contribution >= 4 is 11.9 Å². The van der Waals surface area contributed by atoms with Crippen molar-refractivity contribution in [2.75, 3.05) is 0 Å². The summed E-state index contributed by atoms with van der Waals surface area (Å²) in [5.41, 5.74) is 1.02. The van der Waals surface area contributed by atoms with E-state index in [1.807, 2.05) is 6.08 Å². The molecule has 4 saturated carbocycles. The Morgan fingerprint density at radius 2 is 2.11 bits per heavy atom. The molecule has 0 radical (unpaired) electrons. The lowest BCUT2D eigenvalue weighted by Gasteiger charge is -2.57. The van der Waals surface area contributed by atoms with Crippen LogP contribution in [0.25, 0.3) is 0 Å². The molecule has 0 aromatic carbocycles. The van der Waals surface area contributed by atoms with Crippen LogP contribution in [-0.4, -0.2) is 27.8 Å². The molecule has 0 bridgehead atoms. The lowest BCUT2D eigenvalue weighted by molar-refractivity contribution is -0.118. The standard InChI is InChI=1S/C23H28O5/c1-12-9-17-15(14-4-3-13(24)10-16(12)14)5-6-22(2)20(17)18-11-19(18)23(22,27)7-8-28-21(25)26/h7-8,10,14-15,17-20,27H,1,3-6,9,11H2,2H3,(H,25,26)/b8-7-/t14-,15-,17-,18-,19+,20-,22+,23+/m1/s1. The molecule has 28 heavy (non-hydrogen) atoms. The number of hydrogen-bond acceptors (Lipinski definition) is 4. The lowest BCUT2D eigenvalue weighted by Crippen LogP contribution is -2.54. The van der Waals surface area contributed by atoms with E-state index in [4.69, 9.17) is 5.11 Å². The Balaban J connectivity index is 1.47. The molecule has 2 N–H and O–H groups in total. The van der Waals surface area contributed by atoms with E-state index in [0.717, 1.165) is 43.9 Å². The molecule has 150 valence electrons. The van der Waals surface area contributed by atoms with Gasteiger partial charge in [-0.05, 0) is 85.3 Å². The molecule has 0 spiro atoms. The van der Waals surface area contributed by atoms with Crippen molar-refractivity contribution in [2.45, 2.75) is 51.0 Å². The maximum Gasteiger partial charge on any atom is 0.510 e. The second-order valence-electron chi connectivity index (χ2n) is 9.85. The number of carboxylic acid groups (broad SMARTS) is 1. The Morgan fingerprint density at radius 1 is 1.32 bits per heavy atom. The van der Waals surface area contributed by atoms with E-state index in [1.165, 1.54) is 5.57 Å². The molecule has 0 heterocycles. The Kier molecular flexibility index (Phi) is 3.77. The Morgan fingerprint density at radius 3 is 2.86 bits per heavy atom. The molecule has 0 saturated heterocycles. The van der Waals surface area contributed by atoms with Crippen molar-refractivity contribution in [1.29, 1.82) is 0 Å². The van der Waals surface area contributed by atoms with Crippen molar-refractivity contribution in [3.63, 3.8) is 0 Å². The summed E-state index contributed by atoms with van der Waals surface area (Å²) in [5.74, 6) is 2.79. The Hall–Kier alpha value is -1.88. The molecule has 0 unspecified atom stereocenters. The molecule has 0 aromatic heterocycles. The van der Waals surface area contributed by atoms with Crippen LogP contribution in [0.5, 0.6) is 0 Å². The number of aliphatic hydroxyl groups is 1. The van der Waals surface area contributed by atoms with Gasteiger partial charge < -0.3 is 14.9 Å². The summed E-state index contributed by atoms with van der Waals surface area (Å²) in [6, 6.07) is 0. The average molecular weight is 384 g/mol. The summed E-state index contributed by atoms with van der Waals surface area (Å²) in [4.78, 5) is 22.7. The molecule has 0 amide bonds. The maximum atomic E-state index is 11.9. The quantitative estimate of drug-likeness (QED) is 0.553. The van der Waals surface area contributed by atoms with Gasteiger partial charge in [0, 0.05) is 11.8 Å². The van der Waals surface area contributed by atoms with Gasteiger partial charge in [-0.15, -0.1) is 0 Å². The molecule has 8 atom stereocenters. The summed E-state index contributed by atoms with van der Waals surface area (Å²) >= 11 is 0. The maximum absolute atomic E-state index is 11.9. The molecule has 5 aliphatic rings. The fourth-order valence-electron chi connectivity index (χ4n) is 7.69. The first-order valence-electron chi connectivity index (χ1n) is 10.5. The summed E-state index contributed by atoms with van der Waals surface area (Å²) < 4.78 is 4.59. The van der Waals surface area contributed by atoms with E-state index in [-0.39, 0.29) is 17.1 Å². The third-order valence-electron chi connectivity index (χ3n) is 8.84. The first-order chi connectivity index (χ1) is 13.3. The van der Waals surface area contributed by atoms with E-state index >= 15 is 0 Å². The molecule has 5 aliphatic carbocycles. The minimum Gasteiger partial charge on any atom is -0.449 e. The average Bonchev–Trinajstić information content (AvgIpc) is 3.38. The predicted molar refractivity (Wildman–Crippen MR) is 102 cm³/mol. The molecular formula is C23H28O5. The number of hydrogen-bond donors (Lipinski definition) is 2. The number of ketones is 1. The van der Waals surface area contributed by atoms with Gasteiger partial charge in [-0.25, -0.2) is 4.79 Å². The fourth-order valence-corrected chi connectivity index (χ4v) is 7.69. The summed E-state index contributed by atoms with van der Waals surface area (Å²) in [7, 11) is 0. The van der Waals surface area contributed by atoms with Gasteiger partial charge in [0.15, 0.2) is 5.78 Å². The van der Waals surface area contributed by atoms with Gasteiger partial charge in [0.25, 0.3) is 0 Å². The van der Waals surface area contributed by atoms with Crippen LogP contribution in [0, 0.1) is 40.9 Å². The normalized spacial score (nSPS) is 49.0. The number of fused-ring (bicyclic) bond motifs is 7. The minimum absolute atomic E-state index is 0.188. The van der Waals surface area contributed by atoms with Crippen LogP contribution >= 0.6 is 0 Å². The van der Waals surface area contributed by atoms with E-state index < -0.39 is 11.8 Å². The van der Waals surface area contributed by atoms with Gasteiger partial charge in [0.05, 0.1) is 11.9 Å². The van der Waals surface area contributed by atoms with Gasteiger partial charge in [-0.1, -0.05) is 19.1 Å². The zero-order valence-corrected chi connectivity index (χ0v) is 16.3. The van der Waals surface area contributed by atoms with Gasteiger partial charge in [-0.3, -0.25) is 4.79 Å².